The van der Waals surface area contributed by atoms with Gasteiger partial charge in [0, 0.05) is 19.0 Å². The van der Waals surface area contributed by atoms with Crippen LogP contribution >= 0.6 is 0 Å². The van der Waals surface area contributed by atoms with E-state index in [-0.39, 0.29) is 24.2 Å². The summed E-state index contributed by atoms with van der Waals surface area (Å²) in [5, 5.41) is 9.21. The van der Waals surface area contributed by atoms with Gasteiger partial charge in [0.1, 0.15) is 5.82 Å². The number of carboxylic acid groups (broad SMARTS) is 1. The van der Waals surface area contributed by atoms with Gasteiger partial charge in [0.05, 0.1) is 5.41 Å². The minimum atomic E-state index is -0.859. The van der Waals surface area contributed by atoms with E-state index in [0.717, 1.165) is 0 Å². The van der Waals surface area contributed by atoms with Gasteiger partial charge < -0.3 is 10.0 Å². The molecule has 0 saturated carbocycles. The number of carbonyl (C=O) groups is 2. The predicted octanol–water partition coefficient (Wildman–Crippen LogP) is 2.72. The standard InChI is InChI=1S/C17H22FNO3/c1-12(7-8-13-5-3-4-6-14(13)18)15(20)19-10-9-17(2,11-19)16(21)22/h3-6,12H,7-11H2,1-2H3,(H,21,22). The van der Waals surface area contributed by atoms with Gasteiger partial charge in [-0.15, -0.1) is 0 Å². The van der Waals surface area contributed by atoms with E-state index in [0.29, 0.717) is 31.4 Å². The molecule has 0 aliphatic carbocycles. The van der Waals surface area contributed by atoms with Crippen LogP contribution in [0.15, 0.2) is 24.3 Å². The fourth-order valence-corrected chi connectivity index (χ4v) is 2.83. The van der Waals surface area contributed by atoms with Gasteiger partial charge in [-0.1, -0.05) is 25.1 Å². The monoisotopic (exact) mass is 307 g/mol. The predicted molar refractivity (Wildman–Crippen MR) is 80.8 cm³/mol. The van der Waals surface area contributed by atoms with Crippen molar-refractivity contribution in [2.75, 3.05) is 13.1 Å². The van der Waals surface area contributed by atoms with Gasteiger partial charge >= 0.3 is 5.97 Å². The quantitative estimate of drug-likeness (QED) is 0.910. The second kappa shape index (κ2) is 6.46. The van der Waals surface area contributed by atoms with E-state index in [2.05, 4.69) is 0 Å². The smallest absolute Gasteiger partial charge is 0.311 e. The zero-order valence-electron chi connectivity index (χ0n) is 13.0. The van der Waals surface area contributed by atoms with Crippen molar-refractivity contribution in [3.8, 4) is 0 Å². The number of amides is 1. The molecule has 4 nitrogen and oxygen atoms in total. The number of halogens is 1. The van der Waals surface area contributed by atoms with Crippen molar-refractivity contribution in [3.05, 3.63) is 35.6 Å². The molecule has 1 heterocycles. The summed E-state index contributed by atoms with van der Waals surface area (Å²) in [6.07, 6.45) is 1.54. The number of likely N-dealkylation sites (tertiary alicyclic amines) is 1. The maximum atomic E-state index is 13.6. The van der Waals surface area contributed by atoms with E-state index < -0.39 is 11.4 Å². The average molecular weight is 307 g/mol. The molecule has 1 aliphatic rings. The van der Waals surface area contributed by atoms with E-state index in [9.17, 15) is 19.1 Å². The first kappa shape index (κ1) is 16.5. The number of carboxylic acids is 1. The third-order valence-electron chi connectivity index (χ3n) is 4.53. The normalized spacial score (nSPS) is 22.6. The van der Waals surface area contributed by atoms with Gasteiger partial charge in [0.2, 0.25) is 5.91 Å². The molecule has 1 amide bonds. The number of benzene rings is 1. The van der Waals surface area contributed by atoms with Crippen LogP contribution in [0, 0.1) is 17.2 Å². The molecular weight excluding hydrogens is 285 g/mol. The molecule has 1 fully saturated rings. The summed E-state index contributed by atoms with van der Waals surface area (Å²) in [5.41, 5.74) is -0.236. The molecule has 1 N–H and O–H groups in total. The summed E-state index contributed by atoms with van der Waals surface area (Å²) in [6, 6.07) is 6.57. The van der Waals surface area contributed by atoms with E-state index in [1.165, 1.54) is 6.07 Å². The topological polar surface area (TPSA) is 57.6 Å². The van der Waals surface area contributed by atoms with Crippen LogP contribution in [0.3, 0.4) is 0 Å². The highest BCUT2D eigenvalue weighted by Crippen LogP contribution is 2.31. The second-order valence-corrected chi connectivity index (χ2v) is 6.41. The number of carbonyl (C=O) groups excluding carboxylic acids is 1. The van der Waals surface area contributed by atoms with Crippen molar-refractivity contribution in [1.82, 2.24) is 4.90 Å². The Labute approximate surface area is 129 Å². The summed E-state index contributed by atoms with van der Waals surface area (Å²) < 4.78 is 13.6. The Morgan fingerprint density at radius 1 is 1.41 bits per heavy atom. The molecule has 0 aromatic heterocycles. The Bertz CT molecular complexity index is 575. The lowest BCUT2D eigenvalue weighted by molar-refractivity contribution is -0.147. The van der Waals surface area contributed by atoms with Crippen LogP contribution in [0.25, 0.3) is 0 Å². The van der Waals surface area contributed by atoms with Crippen molar-refractivity contribution >= 4 is 11.9 Å². The second-order valence-electron chi connectivity index (χ2n) is 6.41. The number of aliphatic carboxylic acids is 1. The first-order chi connectivity index (χ1) is 10.3. The van der Waals surface area contributed by atoms with Gasteiger partial charge in [0.25, 0.3) is 0 Å². The Kier molecular flexibility index (Phi) is 4.84. The van der Waals surface area contributed by atoms with Crippen LogP contribution in [0.1, 0.15) is 32.3 Å². The fraction of sp³-hybridized carbons (Fsp3) is 0.529. The highest BCUT2D eigenvalue weighted by molar-refractivity contribution is 5.81. The maximum Gasteiger partial charge on any atom is 0.311 e. The number of rotatable bonds is 5. The minimum absolute atomic E-state index is 0.0404. The molecule has 2 atom stereocenters. The van der Waals surface area contributed by atoms with E-state index in [1.54, 1.807) is 30.0 Å². The molecule has 22 heavy (non-hydrogen) atoms. The van der Waals surface area contributed by atoms with Crippen molar-refractivity contribution < 1.29 is 19.1 Å². The highest BCUT2D eigenvalue weighted by atomic mass is 19.1. The van der Waals surface area contributed by atoms with Crippen LogP contribution < -0.4 is 0 Å². The fourth-order valence-electron chi connectivity index (χ4n) is 2.83. The highest BCUT2D eigenvalue weighted by Gasteiger charge is 2.42. The number of aryl methyl sites for hydroxylation is 1. The van der Waals surface area contributed by atoms with Gasteiger partial charge in [-0.25, -0.2) is 4.39 Å². The summed E-state index contributed by atoms with van der Waals surface area (Å²) in [7, 11) is 0. The minimum Gasteiger partial charge on any atom is -0.481 e. The SMILES string of the molecule is CC(CCc1ccccc1F)C(=O)N1CCC(C)(C(=O)O)C1. The molecule has 1 aromatic rings. The first-order valence-corrected chi connectivity index (χ1v) is 7.59. The summed E-state index contributed by atoms with van der Waals surface area (Å²) >= 11 is 0. The van der Waals surface area contributed by atoms with Gasteiger partial charge in [-0.2, -0.15) is 0 Å². The van der Waals surface area contributed by atoms with Crippen LogP contribution in [-0.4, -0.2) is 35.0 Å². The molecule has 120 valence electrons. The molecule has 2 unspecified atom stereocenters. The summed E-state index contributed by atoms with van der Waals surface area (Å²) in [6.45, 7) is 4.23. The Balaban J connectivity index is 1.91. The lowest BCUT2D eigenvalue weighted by Crippen LogP contribution is -2.37. The van der Waals surface area contributed by atoms with Crippen LogP contribution in [0.5, 0.6) is 0 Å². The average Bonchev–Trinajstić information content (AvgIpc) is 2.89. The van der Waals surface area contributed by atoms with Crippen LogP contribution in [0.2, 0.25) is 0 Å². The van der Waals surface area contributed by atoms with Crippen LogP contribution in [0.4, 0.5) is 4.39 Å². The van der Waals surface area contributed by atoms with Crippen molar-refractivity contribution in [3.63, 3.8) is 0 Å². The third-order valence-corrected chi connectivity index (χ3v) is 4.53. The van der Waals surface area contributed by atoms with Gasteiger partial charge in [0.15, 0.2) is 0 Å². The zero-order valence-corrected chi connectivity index (χ0v) is 13.0. The maximum absolute atomic E-state index is 13.6. The van der Waals surface area contributed by atoms with E-state index in [1.807, 2.05) is 6.92 Å². The molecule has 0 bridgehead atoms. The van der Waals surface area contributed by atoms with Crippen molar-refractivity contribution in [1.29, 1.82) is 0 Å². The van der Waals surface area contributed by atoms with Crippen LogP contribution in [-0.2, 0) is 16.0 Å². The third kappa shape index (κ3) is 3.46. The molecule has 0 spiro atoms. The summed E-state index contributed by atoms with van der Waals surface area (Å²) in [4.78, 5) is 25.3. The zero-order chi connectivity index (χ0) is 16.3. The van der Waals surface area contributed by atoms with Crippen molar-refractivity contribution in [2.45, 2.75) is 33.1 Å². The molecule has 1 aliphatic heterocycles. The lowest BCUT2D eigenvalue weighted by Gasteiger charge is -2.23. The van der Waals surface area contributed by atoms with Gasteiger partial charge in [-0.3, -0.25) is 9.59 Å². The Morgan fingerprint density at radius 2 is 2.09 bits per heavy atom. The first-order valence-electron chi connectivity index (χ1n) is 7.59. The molecular formula is C17H22FNO3. The molecule has 0 radical (unpaired) electrons. The van der Waals surface area contributed by atoms with Crippen molar-refractivity contribution in [2.24, 2.45) is 11.3 Å². The molecule has 1 aromatic carbocycles. The number of hydrogen-bond donors (Lipinski definition) is 1. The Hall–Kier alpha value is -1.91. The molecule has 1 saturated heterocycles. The molecule has 2 rings (SSSR count). The largest absolute Gasteiger partial charge is 0.481 e. The summed E-state index contributed by atoms with van der Waals surface area (Å²) in [5.74, 6) is -1.39. The van der Waals surface area contributed by atoms with Gasteiger partial charge in [-0.05, 0) is 37.8 Å². The lowest BCUT2D eigenvalue weighted by atomic mass is 9.90. The molecule has 5 heteroatoms. The Morgan fingerprint density at radius 3 is 2.68 bits per heavy atom. The van der Waals surface area contributed by atoms with E-state index >= 15 is 0 Å². The number of nitrogens with zero attached hydrogens (tertiary/aromatic N) is 1. The number of hydrogen-bond acceptors (Lipinski definition) is 2. The van der Waals surface area contributed by atoms with E-state index in [4.69, 9.17) is 0 Å².